The Balaban J connectivity index is 0.000000816. The van der Waals surface area contributed by atoms with Crippen molar-refractivity contribution in [2.45, 2.75) is 0 Å². The molecule has 2 aromatic carbocycles. The smallest absolute Gasteiger partial charge is 0.350 e. The molecule has 2 aromatic rings. The zero-order chi connectivity index (χ0) is 17.2. The maximum atomic E-state index is 12.0. The summed E-state index contributed by atoms with van der Waals surface area (Å²) in [4.78, 5) is 23.1. The van der Waals surface area contributed by atoms with Gasteiger partial charge in [0, 0.05) is 5.56 Å². The minimum Gasteiger partial charge on any atom is -0.591 e. The van der Waals surface area contributed by atoms with Crippen molar-refractivity contribution in [3.05, 3.63) is 59.7 Å². The second-order valence-corrected chi connectivity index (χ2v) is 5.41. The van der Waals surface area contributed by atoms with Crippen LogP contribution in [0.25, 0.3) is 0 Å². The summed E-state index contributed by atoms with van der Waals surface area (Å²) in [6.45, 7) is 0. The Morgan fingerprint density at radius 3 is 2.22 bits per heavy atom. The number of carbonyl (C=O) groups is 1. The van der Waals surface area contributed by atoms with Crippen molar-refractivity contribution in [2.24, 2.45) is 0 Å². The lowest BCUT2D eigenvalue weighted by atomic mass is 10.1. The maximum absolute atomic E-state index is 12.0. The van der Waals surface area contributed by atoms with Crippen LogP contribution in [0.2, 0.25) is 0 Å². The van der Waals surface area contributed by atoms with Gasteiger partial charge in [0.05, 0.1) is 17.3 Å². The first-order valence-electron chi connectivity index (χ1n) is 6.67. The van der Waals surface area contributed by atoms with Crippen molar-refractivity contribution in [3.8, 4) is 6.07 Å². The molecule has 0 heterocycles. The first-order chi connectivity index (χ1) is 11.0. The number of hydrogen-bond acceptors (Lipinski definition) is 5. The van der Waals surface area contributed by atoms with Crippen molar-refractivity contribution in [1.29, 1.82) is 5.26 Å². The van der Waals surface area contributed by atoms with E-state index in [1.165, 1.54) is 36.4 Å². The summed E-state index contributed by atoms with van der Waals surface area (Å²) in [5.74, 6) is -0.432. The second-order valence-electron chi connectivity index (χ2n) is 4.42. The Morgan fingerprint density at radius 1 is 1.13 bits per heavy atom. The van der Waals surface area contributed by atoms with E-state index in [9.17, 15) is 14.3 Å². The van der Waals surface area contributed by atoms with E-state index in [1.807, 2.05) is 20.2 Å². The van der Waals surface area contributed by atoms with Crippen LogP contribution in [0.4, 0.5) is 5.69 Å². The summed E-state index contributed by atoms with van der Waals surface area (Å²) in [5.41, 5.74) is 1.03. The van der Waals surface area contributed by atoms with Crippen molar-refractivity contribution >= 4 is 24.9 Å². The van der Waals surface area contributed by atoms with E-state index >= 15 is 0 Å². The number of anilines is 1. The van der Waals surface area contributed by atoms with E-state index < -0.39 is 13.9 Å². The van der Waals surface area contributed by atoms with Gasteiger partial charge < -0.3 is 15.5 Å². The fourth-order valence-corrected chi connectivity index (χ4v) is 2.16. The zero-order valence-electron chi connectivity index (χ0n) is 12.7. The average molecular weight is 329 g/mol. The predicted octanol–water partition coefficient (Wildman–Crippen LogP) is 1.37. The quantitative estimate of drug-likeness (QED) is 0.828. The van der Waals surface area contributed by atoms with Crippen LogP contribution in [0.3, 0.4) is 0 Å². The van der Waals surface area contributed by atoms with E-state index in [4.69, 9.17) is 5.26 Å². The molecule has 1 amide bonds. The highest BCUT2D eigenvalue weighted by Gasteiger charge is 2.16. The lowest BCUT2D eigenvalue weighted by Crippen LogP contribution is -2.18. The first-order valence-corrected chi connectivity index (χ1v) is 7.84. The molecule has 23 heavy (non-hydrogen) atoms. The topological polar surface area (TPSA) is 105 Å². The molecule has 2 N–H and O–H groups in total. The number of nitrogens with zero attached hydrogens (tertiary/aromatic N) is 1. The van der Waals surface area contributed by atoms with Gasteiger partial charge in [-0.2, -0.15) is 5.26 Å². The number of nitriles is 1. The molecular formula is C16H16N3O3P. The first kappa shape index (κ1) is 18.5. The summed E-state index contributed by atoms with van der Waals surface area (Å²) < 4.78 is 11.1. The molecule has 0 fully saturated rings. The van der Waals surface area contributed by atoms with E-state index in [1.54, 1.807) is 12.1 Å². The maximum Gasteiger partial charge on any atom is 0.350 e. The third kappa shape index (κ3) is 5.61. The lowest BCUT2D eigenvalue weighted by molar-refractivity contribution is -0.160. The summed E-state index contributed by atoms with van der Waals surface area (Å²) >= 11 is 0. The summed E-state index contributed by atoms with van der Waals surface area (Å²) in [7, 11) is 0.969. The van der Waals surface area contributed by atoms with Crippen LogP contribution in [0.1, 0.15) is 15.9 Å². The summed E-state index contributed by atoms with van der Waals surface area (Å²) in [6, 6.07) is 14.2. The molecule has 0 saturated carbocycles. The number of rotatable bonds is 3. The van der Waals surface area contributed by atoms with Gasteiger partial charge in [0.15, 0.2) is 0 Å². The normalized spacial score (nSPS) is 9.91. The number of benzene rings is 2. The van der Waals surface area contributed by atoms with Crippen molar-refractivity contribution in [1.82, 2.24) is 5.32 Å². The molecule has 0 aromatic heterocycles. The number of amides is 1. The molecule has 118 valence electrons. The molecule has 6 nitrogen and oxygen atoms in total. The van der Waals surface area contributed by atoms with Crippen LogP contribution < -0.4 is 20.8 Å². The average Bonchev–Trinajstić information content (AvgIpc) is 2.56. The minimum absolute atomic E-state index is 0.0597. The van der Waals surface area contributed by atoms with Gasteiger partial charge in [-0.3, -0.25) is 4.79 Å². The Hall–Kier alpha value is -2.58. The molecular weight excluding hydrogens is 313 g/mol. The Kier molecular flexibility index (Phi) is 7.58. The van der Waals surface area contributed by atoms with Gasteiger partial charge in [0.1, 0.15) is 0 Å². The van der Waals surface area contributed by atoms with Gasteiger partial charge in [-0.25, -0.2) is 0 Å². The van der Waals surface area contributed by atoms with Crippen LogP contribution >= 0.6 is 8.03 Å². The highest BCUT2D eigenvalue weighted by Crippen LogP contribution is 2.17. The fraction of sp³-hybridized carbons (Fsp3) is 0.125. The fourth-order valence-electron chi connectivity index (χ4n) is 1.63. The van der Waals surface area contributed by atoms with Gasteiger partial charge in [-0.1, -0.05) is 16.7 Å². The highest BCUT2D eigenvalue weighted by atomic mass is 31.1. The molecule has 1 unspecified atom stereocenters. The molecule has 0 aliphatic carbocycles. The van der Waals surface area contributed by atoms with Gasteiger partial charge in [0.25, 0.3) is 5.91 Å². The standard InChI is InChI=1S/C14H9N2O3P.C2H7N/c15-9-10-5-7-11(8-6-10)14(17)16-12-3-1-2-4-13(12)20(18)19;1-3-2/h1-8H,(H,16,17);3H,1-2H3. The number of para-hydroxylation sites is 1. The minimum atomic E-state index is -2.78. The predicted molar refractivity (Wildman–Crippen MR) is 87.8 cm³/mol. The van der Waals surface area contributed by atoms with Gasteiger partial charge >= 0.3 is 8.03 Å². The van der Waals surface area contributed by atoms with Crippen molar-refractivity contribution < 1.29 is 14.3 Å². The van der Waals surface area contributed by atoms with Gasteiger partial charge in [-0.05, 0) is 50.5 Å². The SMILES string of the molecule is CNC.N#Cc1ccc(C(=O)Nc2ccccc2[P+](=O)[O-])cc1. The number of nitrogens with one attached hydrogen (secondary N) is 2. The third-order valence-electron chi connectivity index (χ3n) is 2.63. The monoisotopic (exact) mass is 329 g/mol. The highest BCUT2D eigenvalue weighted by molar-refractivity contribution is 7.46. The molecule has 2 rings (SSSR count). The number of hydrogen-bond donors (Lipinski definition) is 2. The van der Waals surface area contributed by atoms with Gasteiger partial charge in [-0.15, -0.1) is 0 Å². The van der Waals surface area contributed by atoms with Crippen LogP contribution in [0, 0.1) is 11.3 Å². The molecule has 0 bridgehead atoms. The summed E-state index contributed by atoms with van der Waals surface area (Å²) in [5, 5.41) is 14.0. The summed E-state index contributed by atoms with van der Waals surface area (Å²) in [6.07, 6.45) is 0. The van der Waals surface area contributed by atoms with Crippen molar-refractivity contribution in [3.63, 3.8) is 0 Å². The van der Waals surface area contributed by atoms with E-state index in [0.29, 0.717) is 11.1 Å². The van der Waals surface area contributed by atoms with Crippen molar-refractivity contribution in [2.75, 3.05) is 19.4 Å². The molecule has 0 aliphatic heterocycles. The molecule has 7 heteroatoms. The van der Waals surface area contributed by atoms with Crippen LogP contribution in [0.15, 0.2) is 48.5 Å². The molecule has 0 spiro atoms. The molecule has 0 saturated heterocycles. The Morgan fingerprint density at radius 2 is 1.70 bits per heavy atom. The molecule has 1 atom stereocenters. The van der Waals surface area contributed by atoms with E-state index in [-0.39, 0.29) is 11.0 Å². The van der Waals surface area contributed by atoms with E-state index in [2.05, 4.69) is 10.6 Å². The second kappa shape index (κ2) is 9.44. The Bertz CT molecular complexity index is 724. The largest absolute Gasteiger partial charge is 0.591 e. The van der Waals surface area contributed by atoms with E-state index in [0.717, 1.165) is 0 Å². The van der Waals surface area contributed by atoms with Gasteiger partial charge in [0.2, 0.25) is 5.30 Å². The molecule has 0 radical (unpaired) electrons. The van der Waals surface area contributed by atoms with Crippen LogP contribution in [-0.2, 0) is 4.57 Å². The van der Waals surface area contributed by atoms with Crippen LogP contribution in [-0.4, -0.2) is 20.0 Å². The lowest BCUT2D eigenvalue weighted by Gasteiger charge is -2.06. The Labute approximate surface area is 135 Å². The van der Waals surface area contributed by atoms with Crippen LogP contribution in [0.5, 0.6) is 0 Å². The molecule has 0 aliphatic rings. The zero-order valence-corrected chi connectivity index (χ0v) is 13.6. The number of carbonyl (C=O) groups excluding carboxylic acids is 1. The third-order valence-corrected chi connectivity index (χ3v) is 3.41.